The summed E-state index contributed by atoms with van der Waals surface area (Å²) >= 11 is 0. The molecule has 0 N–H and O–H groups in total. The third kappa shape index (κ3) is 2.61. The lowest BCUT2D eigenvalue weighted by atomic mass is 9.85. The fraction of sp³-hybridized carbons (Fsp3) is 0.364. The van der Waals surface area contributed by atoms with Crippen molar-refractivity contribution in [1.29, 1.82) is 0 Å². The van der Waals surface area contributed by atoms with Crippen LogP contribution in [0.3, 0.4) is 0 Å². The first-order chi connectivity index (χ1) is 12.7. The topological polar surface area (TPSA) is 46.6 Å². The molecule has 0 spiro atoms. The molecule has 2 heterocycles. The van der Waals surface area contributed by atoms with E-state index in [-0.39, 0.29) is 30.4 Å². The molecule has 0 radical (unpaired) electrons. The summed E-state index contributed by atoms with van der Waals surface area (Å²) in [5.74, 6) is -0.369. The van der Waals surface area contributed by atoms with E-state index in [2.05, 4.69) is 0 Å². The van der Waals surface area contributed by atoms with Gasteiger partial charge in [-0.15, -0.1) is 0 Å². The lowest BCUT2D eigenvalue weighted by molar-refractivity contribution is -0.177. The van der Waals surface area contributed by atoms with E-state index >= 15 is 0 Å². The van der Waals surface area contributed by atoms with E-state index < -0.39 is 5.54 Å². The molecule has 134 valence electrons. The Balaban J connectivity index is 1.70. The van der Waals surface area contributed by atoms with Gasteiger partial charge in [-0.1, -0.05) is 67.6 Å². The van der Waals surface area contributed by atoms with Gasteiger partial charge >= 0.3 is 5.97 Å². The van der Waals surface area contributed by atoms with Crippen molar-refractivity contribution in [1.82, 2.24) is 4.90 Å². The van der Waals surface area contributed by atoms with Gasteiger partial charge in [0.2, 0.25) is 5.91 Å². The lowest BCUT2D eigenvalue weighted by Crippen LogP contribution is -2.58. The minimum Gasteiger partial charge on any atom is -0.461 e. The van der Waals surface area contributed by atoms with Gasteiger partial charge in [-0.2, -0.15) is 0 Å². The third-order valence-corrected chi connectivity index (χ3v) is 5.79. The van der Waals surface area contributed by atoms with Crippen LogP contribution in [-0.2, 0) is 20.7 Å². The van der Waals surface area contributed by atoms with Crippen LogP contribution in [0, 0.1) is 5.92 Å². The SMILES string of the molecule is CC[C@]12C[C@@H](Cc3ccccc3)C(=O)N1[C@@H](c1ccccc1)COC2=O. The number of ether oxygens (including phenoxy) is 1. The Morgan fingerprint density at radius 2 is 1.69 bits per heavy atom. The number of benzene rings is 2. The quantitative estimate of drug-likeness (QED) is 0.794. The number of carbonyl (C=O) groups excluding carboxylic acids is 2. The van der Waals surface area contributed by atoms with Gasteiger partial charge in [0.15, 0.2) is 0 Å². The normalized spacial score (nSPS) is 28.0. The molecule has 2 aromatic rings. The van der Waals surface area contributed by atoms with Crippen LogP contribution in [0.1, 0.15) is 36.9 Å². The Kier molecular flexibility index (Phi) is 4.27. The average molecular weight is 349 g/mol. The second-order valence-electron chi connectivity index (χ2n) is 7.21. The number of hydrogen-bond donors (Lipinski definition) is 0. The molecule has 2 aromatic carbocycles. The fourth-order valence-corrected chi connectivity index (χ4v) is 4.44. The maximum atomic E-state index is 13.4. The predicted octanol–water partition coefficient (Wildman–Crippen LogP) is 3.52. The van der Waals surface area contributed by atoms with Crippen molar-refractivity contribution in [3.8, 4) is 0 Å². The lowest BCUT2D eigenvalue weighted by Gasteiger charge is -2.44. The summed E-state index contributed by atoms with van der Waals surface area (Å²) in [4.78, 5) is 27.9. The van der Waals surface area contributed by atoms with E-state index in [1.165, 1.54) is 0 Å². The third-order valence-electron chi connectivity index (χ3n) is 5.79. The van der Waals surface area contributed by atoms with Crippen LogP contribution < -0.4 is 0 Å². The van der Waals surface area contributed by atoms with Gasteiger partial charge in [0, 0.05) is 5.92 Å². The number of hydrogen-bond acceptors (Lipinski definition) is 3. The zero-order valence-corrected chi connectivity index (χ0v) is 14.9. The molecule has 2 saturated heterocycles. The van der Waals surface area contributed by atoms with Crippen LogP contribution in [0.5, 0.6) is 0 Å². The minimum absolute atomic E-state index is 0.0706. The summed E-state index contributed by atoms with van der Waals surface area (Å²) in [7, 11) is 0. The van der Waals surface area contributed by atoms with Gasteiger partial charge in [0.25, 0.3) is 0 Å². The maximum Gasteiger partial charge on any atom is 0.332 e. The first-order valence-corrected chi connectivity index (χ1v) is 9.25. The van der Waals surface area contributed by atoms with Gasteiger partial charge in [-0.25, -0.2) is 4.79 Å². The molecule has 4 nitrogen and oxygen atoms in total. The molecule has 0 unspecified atom stereocenters. The molecule has 4 rings (SSSR count). The van der Waals surface area contributed by atoms with E-state index in [1.807, 2.05) is 72.5 Å². The zero-order chi connectivity index (χ0) is 18.1. The summed E-state index contributed by atoms with van der Waals surface area (Å²) < 4.78 is 5.57. The van der Waals surface area contributed by atoms with Crippen LogP contribution >= 0.6 is 0 Å². The summed E-state index contributed by atoms with van der Waals surface area (Å²) in [5, 5.41) is 0. The molecule has 0 aliphatic carbocycles. The predicted molar refractivity (Wildman–Crippen MR) is 98.3 cm³/mol. The number of fused-ring (bicyclic) bond motifs is 1. The van der Waals surface area contributed by atoms with Crippen molar-refractivity contribution in [2.75, 3.05) is 6.61 Å². The highest BCUT2D eigenvalue weighted by Gasteiger charge is 2.60. The Labute approximate surface area is 153 Å². The maximum absolute atomic E-state index is 13.4. The van der Waals surface area contributed by atoms with E-state index in [4.69, 9.17) is 4.74 Å². The van der Waals surface area contributed by atoms with Crippen LogP contribution in [-0.4, -0.2) is 28.9 Å². The Bertz CT molecular complexity index is 805. The highest BCUT2D eigenvalue weighted by Crippen LogP contribution is 2.47. The molecule has 3 atom stereocenters. The summed E-state index contributed by atoms with van der Waals surface area (Å²) in [6.45, 7) is 2.20. The van der Waals surface area contributed by atoms with Crippen LogP contribution in [0.15, 0.2) is 60.7 Å². The fourth-order valence-electron chi connectivity index (χ4n) is 4.44. The van der Waals surface area contributed by atoms with Gasteiger partial charge in [-0.3, -0.25) is 4.79 Å². The number of morpholine rings is 1. The molecule has 0 bridgehead atoms. The van der Waals surface area contributed by atoms with Gasteiger partial charge in [-0.05, 0) is 30.4 Å². The first kappa shape index (κ1) is 16.8. The first-order valence-electron chi connectivity index (χ1n) is 9.25. The molecule has 1 amide bonds. The van der Waals surface area contributed by atoms with Crippen molar-refractivity contribution >= 4 is 11.9 Å². The highest BCUT2D eigenvalue weighted by molar-refractivity contribution is 5.94. The van der Waals surface area contributed by atoms with Crippen molar-refractivity contribution in [2.24, 2.45) is 5.92 Å². The van der Waals surface area contributed by atoms with Crippen LogP contribution in [0.25, 0.3) is 0 Å². The standard InChI is InChI=1S/C22H23NO3/c1-2-22-14-18(13-16-9-5-3-6-10-16)20(24)23(22)19(15-26-21(22)25)17-11-7-4-8-12-17/h3-12,18-19H,2,13-15H2,1H3/t18-,19-,22-/m1/s1. The highest BCUT2D eigenvalue weighted by atomic mass is 16.5. The smallest absolute Gasteiger partial charge is 0.332 e. The average Bonchev–Trinajstić information content (AvgIpc) is 2.98. The van der Waals surface area contributed by atoms with Gasteiger partial charge < -0.3 is 9.64 Å². The van der Waals surface area contributed by atoms with E-state index in [0.29, 0.717) is 19.3 Å². The largest absolute Gasteiger partial charge is 0.461 e. The molecular weight excluding hydrogens is 326 g/mol. The minimum atomic E-state index is -0.838. The van der Waals surface area contributed by atoms with Crippen molar-refractivity contribution in [3.63, 3.8) is 0 Å². The number of rotatable bonds is 4. The zero-order valence-electron chi connectivity index (χ0n) is 14.9. The van der Waals surface area contributed by atoms with Gasteiger partial charge in [0.05, 0.1) is 6.04 Å². The van der Waals surface area contributed by atoms with Gasteiger partial charge in [0.1, 0.15) is 12.1 Å². The van der Waals surface area contributed by atoms with E-state index in [1.54, 1.807) is 0 Å². The Morgan fingerprint density at radius 1 is 1.04 bits per heavy atom. The molecule has 2 fully saturated rings. The van der Waals surface area contributed by atoms with Crippen LogP contribution in [0.2, 0.25) is 0 Å². The molecule has 26 heavy (non-hydrogen) atoms. The molecule has 0 aromatic heterocycles. The molecule has 2 aliphatic heterocycles. The summed E-state index contributed by atoms with van der Waals surface area (Å²) in [5.41, 5.74) is 1.31. The van der Waals surface area contributed by atoms with Crippen molar-refractivity contribution in [2.45, 2.75) is 37.8 Å². The number of amides is 1. The Morgan fingerprint density at radius 3 is 2.35 bits per heavy atom. The van der Waals surface area contributed by atoms with E-state index in [0.717, 1.165) is 11.1 Å². The number of esters is 1. The molecule has 2 aliphatic rings. The monoisotopic (exact) mass is 349 g/mol. The number of nitrogens with zero attached hydrogens (tertiary/aromatic N) is 1. The summed E-state index contributed by atoms with van der Waals surface area (Å²) in [6.07, 6.45) is 1.76. The summed E-state index contributed by atoms with van der Waals surface area (Å²) in [6, 6.07) is 19.7. The molecule has 4 heteroatoms. The number of carbonyl (C=O) groups is 2. The van der Waals surface area contributed by atoms with E-state index in [9.17, 15) is 9.59 Å². The molecular formula is C22H23NO3. The second-order valence-corrected chi connectivity index (χ2v) is 7.21. The van der Waals surface area contributed by atoms with Crippen molar-refractivity contribution < 1.29 is 14.3 Å². The second kappa shape index (κ2) is 6.60. The Hall–Kier alpha value is -2.62. The van der Waals surface area contributed by atoms with Crippen LogP contribution in [0.4, 0.5) is 0 Å². The molecule has 0 saturated carbocycles. The van der Waals surface area contributed by atoms with Crippen molar-refractivity contribution in [3.05, 3.63) is 71.8 Å². The number of cyclic esters (lactones) is 1.